The lowest BCUT2D eigenvalue weighted by atomic mass is 10.5. The van der Waals surface area contributed by atoms with Crippen LogP contribution in [0.2, 0.25) is 0 Å². The third-order valence-corrected chi connectivity index (χ3v) is 1.89. The van der Waals surface area contributed by atoms with Crippen molar-refractivity contribution in [3.8, 4) is 0 Å². The minimum atomic E-state index is 0.734. The van der Waals surface area contributed by atoms with Crippen molar-refractivity contribution >= 4 is 11.6 Å². The first kappa shape index (κ1) is 5.39. The summed E-state index contributed by atoms with van der Waals surface area (Å²) in [6, 6.07) is 0.734. The smallest absolute Gasteiger partial charge is 0.0267 e. The van der Waals surface area contributed by atoms with Crippen LogP contribution in [0.15, 0.2) is 0 Å². The Hall–Kier alpha value is 0.250. The highest BCUT2D eigenvalue weighted by atomic mass is 35.5. The van der Waals surface area contributed by atoms with Crippen molar-refractivity contribution in [1.82, 2.24) is 5.32 Å². The first-order valence-corrected chi connectivity index (χ1v) is 3.15. The van der Waals surface area contributed by atoms with E-state index < -0.39 is 0 Å². The Kier molecular flexibility index (Phi) is 1.55. The highest BCUT2D eigenvalue weighted by Gasteiger charge is 2.34. The summed E-state index contributed by atoms with van der Waals surface area (Å²) in [4.78, 5) is 0. The summed E-state index contributed by atoms with van der Waals surface area (Å²) >= 11 is 5.53. The van der Waals surface area contributed by atoms with Gasteiger partial charge in [-0.3, -0.25) is 0 Å². The molecule has 2 heteroatoms. The summed E-state index contributed by atoms with van der Waals surface area (Å²) in [5.74, 6) is 1.59. The summed E-state index contributed by atoms with van der Waals surface area (Å²) in [6.07, 6.45) is 1.28. The molecule has 0 bridgehead atoms. The van der Waals surface area contributed by atoms with E-state index in [1.54, 1.807) is 0 Å². The summed E-state index contributed by atoms with van der Waals surface area (Å²) < 4.78 is 0. The van der Waals surface area contributed by atoms with E-state index in [1.807, 2.05) is 7.05 Å². The fourth-order valence-electron chi connectivity index (χ4n) is 0.772. The molecule has 1 N–H and O–H groups in total. The Labute approximate surface area is 49.0 Å². The van der Waals surface area contributed by atoms with E-state index in [9.17, 15) is 0 Å². The Bertz CT molecular complexity index is 57.1. The van der Waals surface area contributed by atoms with E-state index in [0.29, 0.717) is 0 Å². The van der Waals surface area contributed by atoms with Crippen molar-refractivity contribution in [2.45, 2.75) is 12.5 Å². The first-order valence-electron chi connectivity index (χ1n) is 2.61. The maximum atomic E-state index is 5.53. The van der Waals surface area contributed by atoms with Gasteiger partial charge in [0.15, 0.2) is 0 Å². The predicted octanol–water partition coefficient (Wildman–Crippen LogP) is 0.833. The lowest BCUT2D eigenvalue weighted by Gasteiger charge is -1.88. The predicted molar refractivity (Wildman–Crippen MR) is 31.7 cm³/mol. The fraction of sp³-hybridized carbons (Fsp3) is 1.00. The van der Waals surface area contributed by atoms with Gasteiger partial charge >= 0.3 is 0 Å². The largest absolute Gasteiger partial charge is 0.317 e. The van der Waals surface area contributed by atoms with Gasteiger partial charge in [-0.2, -0.15) is 0 Å². The van der Waals surface area contributed by atoms with Gasteiger partial charge in [-0.1, -0.05) is 0 Å². The molecule has 0 aromatic heterocycles. The van der Waals surface area contributed by atoms with Crippen LogP contribution in [-0.2, 0) is 0 Å². The standard InChI is InChI=1S/C5H10ClN/c1-7-5-2-4(5)3-6/h4-5,7H,2-3H2,1H3. The molecule has 1 fully saturated rings. The molecule has 0 aromatic rings. The van der Waals surface area contributed by atoms with Crippen LogP contribution in [0.1, 0.15) is 6.42 Å². The lowest BCUT2D eigenvalue weighted by molar-refractivity contribution is 0.750. The van der Waals surface area contributed by atoms with Crippen molar-refractivity contribution < 1.29 is 0 Å². The minimum absolute atomic E-state index is 0.734. The van der Waals surface area contributed by atoms with E-state index in [1.165, 1.54) is 6.42 Å². The normalized spacial score (nSPS) is 38.6. The Morgan fingerprint density at radius 2 is 2.57 bits per heavy atom. The third kappa shape index (κ3) is 1.07. The highest BCUT2D eigenvalue weighted by Crippen LogP contribution is 2.30. The van der Waals surface area contributed by atoms with Gasteiger partial charge in [-0.15, -0.1) is 11.6 Å². The molecule has 1 saturated carbocycles. The molecule has 0 heterocycles. The second-order valence-electron chi connectivity index (χ2n) is 2.05. The summed E-state index contributed by atoms with van der Waals surface area (Å²) in [5, 5.41) is 3.16. The van der Waals surface area contributed by atoms with E-state index >= 15 is 0 Å². The molecule has 2 atom stereocenters. The van der Waals surface area contributed by atoms with Gasteiger partial charge in [0.1, 0.15) is 0 Å². The van der Waals surface area contributed by atoms with Gasteiger partial charge in [-0.25, -0.2) is 0 Å². The molecule has 1 nitrogen and oxygen atoms in total. The Balaban J connectivity index is 2.06. The molecule has 7 heavy (non-hydrogen) atoms. The van der Waals surface area contributed by atoms with E-state index in [0.717, 1.165) is 17.8 Å². The SMILES string of the molecule is CNC1CC1CCl. The number of hydrogen-bond donors (Lipinski definition) is 1. The highest BCUT2D eigenvalue weighted by molar-refractivity contribution is 6.18. The molecule has 2 unspecified atom stereocenters. The maximum Gasteiger partial charge on any atom is 0.0267 e. The second-order valence-corrected chi connectivity index (χ2v) is 2.35. The number of halogens is 1. The molecular weight excluding hydrogens is 110 g/mol. The van der Waals surface area contributed by atoms with Crippen LogP contribution in [0.5, 0.6) is 0 Å². The van der Waals surface area contributed by atoms with Crippen molar-refractivity contribution in [2.75, 3.05) is 12.9 Å². The Morgan fingerprint density at radius 3 is 2.71 bits per heavy atom. The molecule has 0 spiro atoms. The van der Waals surface area contributed by atoms with Crippen molar-refractivity contribution in [2.24, 2.45) is 5.92 Å². The molecule has 0 aliphatic heterocycles. The number of rotatable bonds is 2. The van der Waals surface area contributed by atoms with Crippen LogP contribution >= 0.6 is 11.6 Å². The minimum Gasteiger partial charge on any atom is -0.317 e. The van der Waals surface area contributed by atoms with Gasteiger partial charge in [0.2, 0.25) is 0 Å². The molecule has 0 saturated heterocycles. The molecule has 0 amide bonds. The fourth-order valence-corrected chi connectivity index (χ4v) is 1.11. The molecule has 1 aliphatic rings. The molecule has 1 aliphatic carbocycles. The maximum absolute atomic E-state index is 5.53. The van der Waals surface area contributed by atoms with E-state index in [-0.39, 0.29) is 0 Å². The van der Waals surface area contributed by atoms with Gasteiger partial charge in [-0.05, 0) is 19.4 Å². The monoisotopic (exact) mass is 119 g/mol. The van der Waals surface area contributed by atoms with Crippen molar-refractivity contribution in [3.63, 3.8) is 0 Å². The van der Waals surface area contributed by atoms with Crippen LogP contribution < -0.4 is 5.32 Å². The average Bonchev–Trinajstić information content (AvgIpc) is 2.43. The van der Waals surface area contributed by atoms with Crippen LogP contribution in [0.4, 0.5) is 0 Å². The summed E-state index contributed by atoms with van der Waals surface area (Å²) in [7, 11) is 1.98. The average molecular weight is 120 g/mol. The first-order chi connectivity index (χ1) is 3.38. The van der Waals surface area contributed by atoms with E-state index in [2.05, 4.69) is 5.32 Å². The zero-order valence-corrected chi connectivity index (χ0v) is 5.20. The van der Waals surface area contributed by atoms with Crippen LogP contribution in [0.3, 0.4) is 0 Å². The number of hydrogen-bond acceptors (Lipinski definition) is 1. The van der Waals surface area contributed by atoms with Gasteiger partial charge in [0, 0.05) is 11.9 Å². The number of alkyl halides is 1. The summed E-state index contributed by atoms with van der Waals surface area (Å²) in [5.41, 5.74) is 0. The van der Waals surface area contributed by atoms with Gasteiger partial charge in [0.25, 0.3) is 0 Å². The lowest BCUT2D eigenvalue weighted by Crippen LogP contribution is -2.10. The quantitative estimate of drug-likeness (QED) is 0.531. The van der Waals surface area contributed by atoms with Crippen LogP contribution in [0, 0.1) is 5.92 Å². The Morgan fingerprint density at radius 1 is 1.86 bits per heavy atom. The topological polar surface area (TPSA) is 12.0 Å². The van der Waals surface area contributed by atoms with Crippen molar-refractivity contribution in [1.29, 1.82) is 0 Å². The second kappa shape index (κ2) is 2.01. The zero-order chi connectivity index (χ0) is 5.28. The van der Waals surface area contributed by atoms with E-state index in [4.69, 9.17) is 11.6 Å². The molecule has 0 aromatic carbocycles. The zero-order valence-electron chi connectivity index (χ0n) is 4.45. The molecule has 42 valence electrons. The van der Waals surface area contributed by atoms with Crippen LogP contribution in [-0.4, -0.2) is 19.0 Å². The van der Waals surface area contributed by atoms with Gasteiger partial charge < -0.3 is 5.32 Å². The van der Waals surface area contributed by atoms with Crippen molar-refractivity contribution in [3.05, 3.63) is 0 Å². The third-order valence-electron chi connectivity index (χ3n) is 1.49. The number of nitrogens with one attached hydrogen (secondary N) is 1. The molecular formula is C5H10ClN. The van der Waals surface area contributed by atoms with Crippen LogP contribution in [0.25, 0.3) is 0 Å². The molecule has 1 rings (SSSR count). The van der Waals surface area contributed by atoms with Gasteiger partial charge in [0.05, 0.1) is 0 Å². The summed E-state index contributed by atoms with van der Waals surface area (Å²) in [6.45, 7) is 0. The molecule has 0 radical (unpaired) electrons.